The Morgan fingerprint density at radius 2 is 1.86 bits per heavy atom. The van der Waals surface area contributed by atoms with Crippen LogP contribution in [0, 0.1) is 17.5 Å². The van der Waals surface area contributed by atoms with Gasteiger partial charge in [0.2, 0.25) is 0 Å². The number of aliphatic hydroxyl groups excluding tert-OH is 1. The lowest BCUT2D eigenvalue weighted by Crippen LogP contribution is -2.36. The van der Waals surface area contributed by atoms with Crippen LogP contribution in [0.1, 0.15) is 23.7 Å². The average molecular weight is 319 g/mol. The van der Waals surface area contributed by atoms with E-state index in [2.05, 4.69) is 0 Å². The molecule has 1 aromatic rings. The third kappa shape index (κ3) is 4.45. The van der Waals surface area contributed by atoms with E-state index >= 15 is 0 Å². The minimum absolute atomic E-state index is 0.142. The molecule has 0 aliphatic heterocycles. The molecule has 0 saturated heterocycles. The number of benzene rings is 1. The highest BCUT2D eigenvalue weighted by Gasteiger charge is 2.23. The number of ether oxygens (including phenoxy) is 1. The van der Waals surface area contributed by atoms with Crippen molar-refractivity contribution >= 4 is 11.9 Å². The molecule has 5 nitrogen and oxygen atoms in total. The highest BCUT2D eigenvalue weighted by Crippen LogP contribution is 2.17. The fourth-order valence-corrected chi connectivity index (χ4v) is 1.76. The van der Waals surface area contributed by atoms with Crippen molar-refractivity contribution in [3.05, 3.63) is 35.1 Å². The predicted molar refractivity (Wildman–Crippen MR) is 70.6 cm³/mol. The topological polar surface area (TPSA) is 66.8 Å². The predicted octanol–water partition coefficient (Wildman–Crippen LogP) is 1.49. The van der Waals surface area contributed by atoms with Gasteiger partial charge >= 0.3 is 5.97 Å². The molecule has 22 heavy (non-hydrogen) atoms. The van der Waals surface area contributed by atoms with Gasteiger partial charge in [0.25, 0.3) is 5.91 Å². The minimum atomic E-state index is -1.75. The summed E-state index contributed by atoms with van der Waals surface area (Å²) in [6.07, 6.45) is -0.162. The first kappa shape index (κ1) is 18.0. The van der Waals surface area contributed by atoms with Crippen molar-refractivity contribution in [2.45, 2.75) is 13.3 Å². The second kappa shape index (κ2) is 8.38. The molecule has 0 aliphatic rings. The van der Waals surface area contributed by atoms with Crippen LogP contribution in [0.15, 0.2) is 12.1 Å². The van der Waals surface area contributed by atoms with Crippen LogP contribution in [0.4, 0.5) is 13.2 Å². The first-order valence-electron chi connectivity index (χ1n) is 6.61. The quantitative estimate of drug-likeness (QED) is 0.611. The standard InChI is InChI=1S/C14H16F3NO4/c1-2-22-11(20)5-6-18(7-8-19)14(21)9-3-4-10(15)13(17)12(9)16/h3-4,19H,2,5-8H2,1H3. The number of amides is 1. The van der Waals surface area contributed by atoms with Gasteiger partial charge in [0.05, 0.1) is 25.2 Å². The molecule has 122 valence electrons. The van der Waals surface area contributed by atoms with E-state index in [1.807, 2.05) is 0 Å². The molecule has 0 atom stereocenters. The Kier molecular flexibility index (Phi) is 6.84. The molecule has 1 N–H and O–H groups in total. The van der Waals surface area contributed by atoms with Crippen molar-refractivity contribution in [1.29, 1.82) is 0 Å². The number of hydrogen-bond donors (Lipinski definition) is 1. The normalized spacial score (nSPS) is 10.4. The van der Waals surface area contributed by atoms with E-state index in [1.54, 1.807) is 6.92 Å². The third-order valence-corrected chi connectivity index (χ3v) is 2.81. The van der Waals surface area contributed by atoms with E-state index in [1.165, 1.54) is 0 Å². The average Bonchev–Trinajstić information content (AvgIpc) is 2.49. The summed E-state index contributed by atoms with van der Waals surface area (Å²) in [6.45, 7) is 1.03. The van der Waals surface area contributed by atoms with E-state index in [9.17, 15) is 22.8 Å². The van der Waals surface area contributed by atoms with Crippen LogP contribution in [0.25, 0.3) is 0 Å². The zero-order valence-corrected chi connectivity index (χ0v) is 11.9. The van der Waals surface area contributed by atoms with Gasteiger partial charge < -0.3 is 14.7 Å². The molecule has 0 aliphatic carbocycles. The number of aliphatic hydroxyl groups is 1. The van der Waals surface area contributed by atoms with Crippen molar-refractivity contribution < 1.29 is 32.6 Å². The summed E-state index contributed by atoms with van der Waals surface area (Å²) in [4.78, 5) is 24.4. The molecule has 1 rings (SSSR count). The monoisotopic (exact) mass is 319 g/mol. The summed E-state index contributed by atoms with van der Waals surface area (Å²) in [5, 5.41) is 8.93. The molecule has 1 amide bonds. The summed E-state index contributed by atoms with van der Waals surface area (Å²) in [6, 6.07) is 1.44. The number of hydrogen-bond acceptors (Lipinski definition) is 4. The Hall–Kier alpha value is -2.09. The lowest BCUT2D eigenvalue weighted by molar-refractivity contribution is -0.143. The van der Waals surface area contributed by atoms with Crippen LogP contribution in [0.3, 0.4) is 0 Å². The number of carbonyl (C=O) groups excluding carboxylic acids is 2. The van der Waals surface area contributed by atoms with Crippen LogP contribution in [-0.4, -0.2) is 48.2 Å². The fourth-order valence-electron chi connectivity index (χ4n) is 1.76. The number of nitrogens with zero attached hydrogens (tertiary/aromatic N) is 1. The summed E-state index contributed by atoms with van der Waals surface area (Å²) in [5.74, 6) is -6.28. The van der Waals surface area contributed by atoms with Gasteiger partial charge in [-0.3, -0.25) is 9.59 Å². The van der Waals surface area contributed by atoms with Crippen molar-refractivity contribution in [3.63, 3.8) is 0 Å². The number of carbonyl (C=O) groups is 2. The number of rotatable bonds is 7. The van der Waals surface area contributed by atoms with Gasteiger partial charge in [-0.05, 0) is 19.1 Å². The van der Waals surface area contributed by atoms with Crippen molar-refractivity contribution in [1.82, 2.24) is 4.90 Å². The molecule has 0 spiro atoms. The summed E-state index contributed by atoms with van der Waals surface area (Å²) in [5.41, 5.74) is -0.670. The first-order valence-corrected chi connectivity index (χ1v) is 6.61. The smallest absolute Gasteiger partial charge is 0.307 e. The fraction of sp³-hybridized carbons (Fsp3) is 0.429. The number of esters is 1. The molecule has 0 bridgehead atoms. The van der Waals surface area contributed by atoms with Gasteiger partial charge in [-0.25, -0.2) is 13.2 Å². The van der Waals surface area contributed by atoms with E-state index < -0.39 is 41.5 Å². The Morgan fingerprint density at radius 1 is 1.18 bits per heavy atom. The van der Waals surface area contributed by atoms with Gasteiger partial charge in [-0.15, -0.1) is 0 Å². The molecule has 0 aromatic heterocycles. The van der Waals surface area contributed by atoms with Gasteiger partial charge in [-0.2, -0.15) is 0 Å². The highest BCUT2D eigenvalue weighted by atomic mass is 19.2. The van der Waals surface area contributed by atoms with Gasteiger partial charge in [0.15, 0.2) is 17.5 Å². The largest absolute Gasteiger partial charge is 0.466 e. The van der Waals surface area contributed by atoms with Crippen molar-refractivity contribution in [3.8, 4) is 0 Å². The van der Waals surface area contributed by atoms with Gasteiger partial charge in [0, 0.05) is 13.1 Å². The maximum Gasteiger partial charge on any atom is 0.307 e. The van der Waals surface area contributed by atoms with Crippen LogP contribution in [0.2, 0.25) is 0 Å². The minimum Gasteiger partial charge on any atom is -0.466 e. The molecule has 0 unspecified atom stereocenters. The van der Waals surface area contributed by atoms with E-state index in [-0.39, 0.29) is 26.1 Å². The van der Waals surface area contributed by atoms with E-state index in [0.29, 0.717) is 6.07 Å². The Labute approximate surface area is 125 Å². The second-order valence-corrected chi connectivity index (χ2v) is 4.29. The lowest BCUT2D eigenvalue weighted by Gasteiger charge is -2.21. The summed E-state index contributed by atoms with van der Waals surface area (Å²) < 4.78 is 44.3. The molecular weight excluding hydrogens is 303 g/mol. The molecule has 0 heterocycles. The van der Waals surface area contributed by atoms with Gasteiger partial charge in [-0.1, -0.05) is 0 Å². The van der Waals surface area contributed by atoms with Gasteiger partial charge in [0.1, 0.15) is 0 Å². The Bertz CT molecular complexity index is 551. The zero-order valence-electron chi connectivity index (χ0n) is 11.9. The second-order valence-electron chi connectivity index (χ2n) is 4.29. The van der Waals surface area contributed by atoms with Crippen LogP contribution in [-0.2, 0) is 9.53 Å². The van der Waals surface area contributed by atoms with Crippen LogP contribution < -0.4 is 0 Å². The molecule has 0 radical (unpaired) electrons. The van der Waals surface area contributed by atoms with E-state index in [4.69, 9.17) is 9.84 Å². The van der Waals surface area contributed by atoms with Crippen molar-refractivity contribution in [2.75, 3.05) is 26.3 Å². The molecule has 1 aromatic carbocycles. The molecule has 8 heteroatoms. The summed E-state index contributed by atoms with van der Waals surface area (Å²) in [7, 11) is 0. The lowest BCUT2D eigenvalue weighted by atomic mass is 10.1. The number of halogens is 3. The summed E-state index contributed by atoms with van der Waals surface area (Å²) >= 11 is 0. The Morgan fingerprint density at radius 3 is 2.45 bits per heavy atom. The highest BCUT2D eigenvalue weighted by molar-refractivity contribution is 5.94. The van der Waals surface area contributed by atoms with E-state index in [0.717, 1.165) is 11.0 Å². The third-order valence-electron chi connectivity index (χ3n) is 2.81. The molecule has 0 fully saturated rings. The van der Waals surface area contributed by atoms with Crippen LogP contribution in [0.5, 0.6) is 0 Å². The van der Waals surface area contributed by atoms with Crippen LogP contribution >= 0.6 is 0 Å². The maximum absolute atomic E-state index is 13.6. The molecular formula is C14H16F3NO4. The SMILES string of the molecule is CCOC(=O)CCN(CCO)C(=O)c1ccc(F)c(F)c1F. The zero-order chi connectivity index (χ0) is 16.7. The molecule has 0 saturated carbocycles. The first-order chi connectivity index (χ1) is 10.4. The maximum atomic E-state index is 13.6. The Balaban J connectivity index is 2.89. The van der Waals surface area contributed by atoms with Crippen molar-refractivity contribution in [2.24, 2.45) is 0 Å².